The van der Waals surface area contributed by atoms with Gasteiger partial charge < -0.3 is 9.88 Å². The number of rotatable bonds is 4. The molecule has 0 spiro atoms. The van der Waals surface area contributed by atoms with Crippen LogP contribution in [0.5, 0.6) is 0 Å². The summed E-state index contributed by atoms with van der Waals surface area (Å²) >= 11 is 1.60. The Hall–Kier alpha value is -1.47. The number of H-pyrrole nitrogens is 1. The smallest absolute Gasteiger partial charge is 0.331 e. The van der Waals surface area contributed by atoms with Crippen molar-refractivity contribution in [3.63, 3.8) is 0 Å². The maximum absolute atomic E-state index is 12.4. The van der Waals surface area contributed by atoms with E-state index in [1.165, 1.54) is 26.3 Å². The third-order valence-electron chi connectivity index (χ3n) is 4.76. The van der Waals surface area contributed by atoms with Gasteiger partial charge >= 0.3 is 5.69 Å². The van der Waals surface area contributed by atoms with E-state index in [1.807, 2.05) is 6.26 Å². The lowest BCUT2D eigenvalue weighted by Crippen LogP contribution is -2.36. The van der Waals surface area contributed by atoms with E-state index in [0.717, 1.165) is 46.7 Å². The molecule has 1 aliphatic heterocycles. The van der Waals surface area contributed by atoms with Gasteiger partial charge in [-0.05, 0) is 32.2 Å². The van der Waals surface area contributed by atoms with Gasteiger partial charge in [-0.2, -0.15) is 0 Å². The van der Waals surface area contributed by atoms with Crippen LogP contribution in [0.15, 0.2) is 14.5 Å². The predicted octanol–water partition coefficient (Wildman–Crippen LogP) is 1.32. The Morgan fingerprint density at radius 3 is 2.43 bits per heavy atom. The maximum atomic E-state index is 12.4. The molecule has 23 heavy (non-hydrogen) atoms. The fourth-order valence-electron chi connectivity index (χ4n) is 3.42. The minimum Gasteiger partial charge on any atom is -0.352 e. The van der Waals surface area contributed by atoms with Crippen molar-refractivity contribution in [2.24, 2.45) is 14.1 Å². The van der Waals surface area contributed by atoms with Crippen LogP contribution in [-0.4, -0.2) is 44.9 Å². The van der Waals surface area contributed by atoms with E-state index in [2.05, 4.69) is 9.88 Å². The molecule has 7 heteroatoms. The van der Waals surface area contributed by atoms with Crippen molar-refractivity contribution in [1.29, 1.82) is 0 Å². The molecule has 0 aliphatic carbocycles. The number of nitrogens with one attached hydrogen (secondary N) is 1. The second-order valence-corrected chi connectivity index (χ2v) is 7.03. The van der Waals surface area contributed by atoms with Crippen LogP contribution < -0.4 is 11.2 Å². The zero-order valence-corrected chi connectivity index (χ0v) is 14.8. The van der Waals surface area contributed by atoms with Gasteiger partial charge in [-0.3, -0.25) is 13.9 Å². The lowest BCUT2D eigenvalue weighted by molar-refractivity contribution is 0.230. The minimum atomic E-state index is -0.278. The molecule has 3 heterocycles. The van der Waals surface area contributed by atoms with Crippen molar-refractivity contribution in [2.45, 2.75) is 30.6 Å². The molecule has 2 aromatic rings. The van der Waals surface area contributed by atoms with Crippen molar-refractivity contribution >= 4 is 22.8 Å². The summed E-state index contributed by atoms with van der Waals surface area (Å²) in [4.78, 5) is 31.4. The van der Waals surface area contributed by atoms with Gasteiger partial charge in [-0.25, -0.2) is 4.79 Å². The molecule has 0 radical (unpaired) electrons. The lowest BCUT2D eigenvalue weighted by atomic mass is 10.1. The topological polar surface area (TPSA) is 63.0 Å². The van der Waals surface area contributed by atoms with Gasteiger partial charge in [-0.15, -0.1) is 11.8 Å². The molecule has 2 aromatic heterocycles. The standard InChI is InChI=1S/C16H24N4O2S/c1-18-13-12(15(21)19(2)16(18)22)17-11(14(13)23-3)7-10-20-8-5-4-6-9-20/h17H,4-10H2,1-3H3. The molecule has 0 amide bonds. The van der Waals surface area contributed by atoms with Crippen molar-refractivity contribution in [1.82, 2.24) is 19.0 Å². The molecule has 0 aromatic carbocycles. The fourth-order valence-corrected chi connectivity index (χ4v) is 4.25. The Labute approximate surface area is 139 Å². The number of hydrogen-bond acceptors (Lipinski definition) is 4. The van der Waals surface area contributed by atoms with E-state index in [1.54, 1.807) is 23.4 Å². The van der Waals surface area contributed by atoms with E-state index in [4.69, 9.17) is 0 Å². The number of aryl methyl sites for hydroxylation is 1. The predicted molar refractivity (Wildman–Crippen MR) is 94.6 cm³/mol. The van der Waals surface area contributed by atoms with E-state index in [0.29, 0.717) is 5.52 Å². The highest BCUT2D eigenvalue weighted by Crippen LogP contribution is 2.28. The van der Waals surface area contributed by atoms with Gasteiger partial charge in [0.15, 0.2) is 0 Å². The first-order valence-electron chi connectivity index (χ1n) is 8.11. The normalized spacial score (nSPS) is 16.3. The molecule has 1 saturated heterocycles. The van der Waals surface area contributed by atoms with Crippen LogP contribution >= 0.6 is 11.8 Å². The summed E-state index contributed by atoms with van der Waals surface area (Å²) in [5.41, 5.74) is 1.81. The Kier molecular flexibility index (Phi) is 4.68. The van der Waals surface area contributed by atoms with Gasteiger partial charge in [-0.1, -0.05) is 6.42 Å². The molecule has 3 rings (SSSR count). The molecule has 0 atom stereocenters. The molecular weight excluding hydrogens is 312 g/mol. The van der Waals surface area contributed by atoms with Crippen LogP contribution in [-0.2, 0) is 20.5 Å². The second kappa shape index (κ2) is 6.57. The summed E-state index contributed by atoms with van der Waals surface area (Å²) in [6.07, 6.45) is 6.75. The molecule has 0 unspecified atom stereocenters. The molecule has 126 valence electrons. The molecule has 0 saturated carbocycles. The molecule has 0 bridgehead atoms. The first-order valence-corrected chi connectivity index (χ1v) is 9.34. The number of nitrogens with zero attached hydrogens (tertiary/aromatic N) is 3. The molecule has 6 nitrogen and oxygen atoms in total. The number of aromatic amines is 1. The summed E-state index contributed by atoms with van der Waals surface area (Å²) in [5, 5.41) is 0. The Morgan fingerprint density at radius 2 is 1.78 bits per heavy atom. The van der Waals surface area contributed by atoms with Crippen LogP contribution in [0.25, 0.3) is 11.0 Å². The van der Waals surface area contributed by atoms with Crippen LogP contribution in [0, 0.1) is 0 Å². The van der Waals surface area contributed by atoms with Gasteiger partial charge in [0.2, 0.25) is 0 Å². The number of piperidine rings is 1. The summed E-state index contributed by atoms with van der Waals surface area (Å²) < 4.78 is 2.74. The first-order chi connectivity index (χ1) is 11.0. The van der Waals surface area contributed by atoms with Crippen LogP contribution in [0.3, 0.4) is 0 Å². The Bertz CT molecular complexity index is 827. The minimum absolute atomic E-state index is 0.248. The van der Waals surface area contributed by atoms with E-state index in [-0.39, 0.29) is 11.2 Å². The monoisotopic (exact) mass is 336 g/mol. The van der Waals surface area contributed by atoms with E-state index >= 15 is 0 Å². The zero-order valence-electron chi connectivity index (χ0n) is 14.0. The summed E-state index contributed by atoms with van der Waals surface area (Å²) in [5.74, 6) is 0. The summed E-state index contributed by atoms with van der Waals surface area (Å²) in [6, 6.07) is 0. The van der Waals surface area contributed by atoms with Gasteiger partial charge in [0.25, 0.3) is 5.56 Å². The molecule has 1 N–H and O–H groups in total. The van der Waals surface area contributed by atoms with Crippen molar-refractivity contribution in [3.05, 3.63) is 26.5 Å². The Balaban J connectivity index is 2.00. The molecule has 1 fully saturated rings. The van der Waals surface area contributed by atoms with E-state index in [9.17, 15) is 9.59 Å². The molecular formula is C16H24N4O2S. The lowest BCUT2D eigenvalue weighted by Gasteiger charge is -2.26. The average molecular weight is 336 g/mol. The fraction of sp³-hybridized carbons (Fsp3) is 0.625. The van der Waals surface area contributed by atoms with Crippen molar-refractivity contribution < 1.29 is 0 Å². The number of hydrogen-bond donors (Lipinski definition) is 1. The maximum Gasteiger partial charge on any atom is 0.331 e. The summed E-state index contributed by atoms with van der Waals surface area (Å²) in [7, 11) is 3.25. The number of fused-ring (bicyclic) bond motifs is 1. The van der Waals surface area contributed by atoms with Crippen LogP contribution in [0.4, 0.5) is 0 Å². The first kappa shape index (κ1) is 16.4. The summed E-state index contributed by atoms with van der Waals surface area (Å²) in [6.45, 7) is 3.32. The number of likely N-dealkylation sites (tertiary alicyclic amines) is 1. The number of thioether (sulfide) groups is 1. The highest BCUT2D eigenvalue weighted by Gasteiger charge is 2.19. The highest BCUT2D eigenvalue weighted by atomic mass is 32.2. The molecule has 1 aliphatic rings. The zero-order chi connectivity index (χ0) is 16.6. The number of aromatic nitrogens is 3. The van der Waals surface area contributed by atoms with Crippen molar-refractivity contribution in [3.8, 4) is 0 Å². The van der Waals surface area contributed by atoms with Gasteiger partial charge in [0.1, 0.15) is 5.52 Å². The van der Waals surface area contributed by atoms with Gasteiger partial charge in [0, 0.05) is 32.8 Å². The second-order valence-electron chi connectivity index (χ2n) is 6.22. The van der Waals surface area contributed by atoms with Crippen molar-refractivity contribution in [2.75, 3.05) is 25.9 Å². The SMILES string of the molecule is CSc1c(CCN2CCCCC2)[nH]c2c(=O)n(C)c(=O)n(C)c12. The quantitative estimate of drug-likeness (QED) is 0.855. The van der Waals surface area contributed by atoms with Gasteiger partial charge in [0.05, 0.1) is 10.4 Å². The average Bonchev–Trinajstić information content (AvgIpc) is 2.96. The largest absolute Gasteiger partial charge is 0.352 e. The third-order valence-corrected chi connectivity index (χ3v) is 5.61. The Morgan fingerprint density at radius 1 is 1.09 bits per heavy atom. The highest BCUT2D eigenvalue weighted by molar-refractivity contribution is 7.98. The van der Waals surface area contributed by atoms with Crippen LogP contribution in [0.2, 0.25) is 0 Å². The third kappa shape index (κ3) is 2.87. The van der Waals surface area contributed by atoms with Crippen LogP contribution in [0.1, 0.15) is 25.0 Å². The van der Waals surface area contributed by atoms with E-state index < -0.39 is 0 Å².